The summed E-state index contributed by atoms with van der Waals surface area (Å²) < 4.78 is 26.3. The summed E-state index contributed by atoms with van der Waals surface area (Å²) in [5.41, 5.74) is -0.464. The Morgan fingerprint density at radius 2 is 1.91 bits per heavy atom. The first-order valence-electron chi connectivity index (χ1n) is 10.8. The zero-order chi connectivity index (χ0) is 23.3. The van der Waals surface area contributed by atoms with Crippen molar-refractivity contribution >= 4 is 23.5 Å². The molecule has 2 aromatic rings. The number of hydrogen-bond acceptors (Lipinski definition) is 4. The van der Waals surface area contributed by atoms with Crippen molar-refractivity contribution < 1.29 is 23.5 Å². The number of para-hydroxylation sites is 1. The van der Waals surface area contributed by atoms with Crippen LogP contribution >= 0.6 is 11.6 Å². The average Bonchev–Trinajstić information content (AvgIpc) is 2.98. The highest BCUT2D eigenvalue weighted by atomic mass is 35.5. The number of ether oxygens (including phenoxy) is 2. The van der Waals surface area contributed by atoms with Crippen molar-refractivity contribution in [1.29, 1.82) is 0 Å². The normalized spacial score (nSPS) is 21.3. The minimum Gasteiger partial charge on any atom is -0.473 e. The standard InChI is InChI=1S/C25H27ClFNO4/c1-24(2,3)32-23(30)28-12-10-15(11-13-28)17-6-5-7-18-21(17)31-25(4,22(18)29)19-9-8-16(26)14-20(19)27/h5-9,14-15H,10-13H2,1-4H3. The smallest absolute Gasteiger partial charge is 0.410 e. The number of hydrogen-bond donors (Lipinski definition) is 0. The van der Waals surface area contributed by atoms with Crippen LogP contribution in [0.5, 0.6) is 5.75 Å². The van der Waals surface area contributed by atoms with Crippen LogP contribution in [0.2, 0.25) is 5.02 Å². The molecule has 1 unspecified atom stereocenters. The lowest BCUT2D eigenvalue weighted by atomic mass is 9.86. The molecule has 2 aliphatic heterocycles. The summed E-state index contributed by atoms with van der Waals surface area (Å²) in [5, 5.41) is 0.259. The molecule has 0 N–H and O–H groups in total. The fourth-order valence-corrected chi connectivity index (χ4v) is 4.59. The molecule has 170 valence electrons. The van der Waals surface area contributed by atoms with Gasteiger partial charge in [0.1, 0.15) is 17.2 Å². The third-order valence-corrected chi connectivity index (χ3v) is 6.30. The van der Waals surface area contributed by atoms with Gasteiger partial charge in [0.25, 0.3) is 0 Å². The van der Waals surface area contributed by atoms with Crippen molar-refractivity contribution in [3.8, 4) is 5.75 Å². The maximum atomic E-state index is 14.7. The molecule has 0 aromatic heterocycles. The molecule has 0 aliphatic carbocycles. The number of nitrogens with zero attached hydrogens (tertiary/aromatic N) is 1. The Hall–Kier alpha value is -2.60. The molecule has 4 rings (SSSR count). The van der Waals surface area contributed by atoms with Crippen LogP contribution in [0.15, 0.2) is 36.4 Å². The van der Waals surface area contributed by atoms with Crippen LogP contribution in [0.4, 0.5) is 9.18 Å². The summed E-state index contributed by atoms with van der Waals surface area (Å²) >= 11 is 5.89. The fraction of sp³-hybridized carbons (Fsp3) is 0.440. The average molecular weight is 460 g/mol. The Bertz CT molecular complexity index is 1070. The van der Waals surface area contributed by atoms with Gasteiger partial charge in [-0.05, 0) is 70.2 Å². The maximum Gasteiger partial charge on any atom is 0.410 e. The van der Waals surface area contributed by atoms with Crippen LogP contribution in [0.1, 0.15) is 67.9 Å². The number of carbonyl (C=O) groups excluding carboxylic acids is 2. The van der Waals surface area contributed by atoms with Crippen molar-refractivity contribution in [3.05, 3.63) is 63.9 Å². The van der Waals surface area contributed by atoms with E-state index < -0.39 is 17.0 Å². The Morgan fingerprint density at radius 3 is 2.53 bits per heavy atom. The summed E-state index contributed by atoms with van der Waals surface area (Å²) in [6.07, 6.45) is 1.13. The van der Waals surface area contributed by atoms with Gasteiger partial charge in [-0.2, -0.15) is 0 Å². The van der Waals surface area contributed by atoms with E-state index in [9.17, 15) is 14.0 Å². The number of amides is 1. The molecule has 1 fully saturated rings. The summed E-state index contributed by atoms with van der Waals surface area (Å²) in [7, 11) is 0. The van der Waals surface area contributed by atoms with Crippen molar-refractivity contribution in [2.24, 2.45) is 0 Å². The van der Waals surface area contributed by atoms with Gasteiger partial charge in [-0.3, -0.25) is 4.79 Å². The number of Topliss-reactive ketones (excluding diaryl/α,β-unsaturated/α-hetero) is 1. The van der Waals surface area contributed by atoms with Crippen molar-refractivity contribution in [2.45, 2.75) is 57.7 Å². The van der Waals surface area contributed by atoms with E-state index in [0.717, 1.165) is 18.4 Å². The zero-order valence-corrected chi connectivity index (χ0v) is 19.5. The van der Waals surface area contributed by atoms with Gasteiger partial charge in [0.05, 0.1) is 5.56 Å². The van der Waals surface area contributed by atoms with Crippen LogP contribution in [0.3, 0.4) is 0 Å². The third kappa shape index (κ3) is 4.08. The second-order valence-corrected chi connectivity index (χ2v) is 9.99. The molecule has 1 saturated heterocycles. The van der Waals surface area contributed by atoms with Gasteiger partial charge in [-0.1, -0.05) is 29.8 Å². The van der Waals surface area contributed by atoms with E-state index in [1.807, 2.05) is 32.9 Å². The monoisotopic (exact) mass is 459 g/mol. The van der Waals surface area contributed by atoms with E-state index in [-0.39, 0.29) is 28.4 Å². The molecule has 2 heterocycles. The molecule has 1 atom stereocenters. The predicted octanol–water partition coefficient (Wildman–Crippen LogP) is 6.08. The Balaban J connectivity index is 1.56. The fourth-order valence-electron chi connectivity index (χ4n) is 4.43. The molecule has 1 amide bonds. The number of likely N-dealkylation sites (tertiary alicyclic amines) is 1. The first-order chi connectivity index (χ1) is 15.0. The van der Waals surface area contributed by atoms with Gasteiger partial charge in [0, 0.05) is 23.7 Å². The molecule has 2 aromatic carbocycles. The highest BCUT2D eigenvalue weighted by Crippen LogP contribution is 2.47. The number of piperidine rings is 1. The van der Waals surface area contributed by atoms with Crippen molar-refractivity contribution in [2.75, 3.05) is 13.1 Å². The van der Waals surface area contributed by atoms with Crippen LogP contribution in [0.25, 0.3) is 0 Å². The number of halogens is 2. The number of ketones is 1. The second kappa shape index (κ2) is 8.07. The summed E-state index contributed by atoms with van der Waals surface area (Å²) in [5.74, 6) is -0.228. The number of rotatable bonds is 2. The summed E-state index contributed by atoms with van der Waals surface area (Å²) in [4.78, 5) is 27.4. The molecular formula is C25H27ClFNO4. The predicted molar refractivity (Wildman–Crippen MR) is 120 cm³/mol. The molecule has 32 heavy (non-hydrogen) atoms. The second-order valence-electron chi connectivity index (χ2n) is 9.55. The van der Waals surface area contributed by atoms with Gasteiger partial charge in [0.2, 0.25) is 5.78 Å². The van der Waals surface area contributed by atoms with Crippen LogP contribution in [0, 0.1) is 5.82 Å². The first kappa shape index (κ1) is 22.6. The first-order valence-corrected chi connectivity index (χ1v) is 11.2. The third-order valence-electron chi connectivity index (χ3n) is 6.06. The quantitative estimate of drug-likeness (QED) is 0.545. The largest absolute Gasteiger partial charge is 0.473 e. The Morgan fingerprint density at radius 1 is 1.22 bits per heavy atom. The molecule has 0 saturated carbocycles. The van der Waals surface area contributed by atoms with E-state index in [1.165, 1.54) is 12.1 Å². The molecular weight excluding hydrogens is 433 g/mol. The minimum atomic E-state index is -1.45. The SMILES string of the molecule is CC(C)(C)OC(=O)N1CCC(c2cccc3c2OC(C)(c2ccc(Cl)cc2F)C3=O)CC1. The van der Waals surface area contributed by atoms with Crippen molar-refractivity contribution in [3.63, 3.8) is 0 Å². The number of fused-ring (bicyclic) bond motifs is 1. The highest BCUT2D eigenvalue weighted by molar-refractivity contribution is 6.30. The topological polar surface area (TPSA) is 55.8 Å². The van der Waals surface area contributed by atoms with E-state index in [1.54, 1.807) is 24.0 Å². The molecule has 2 aliphatic rings. The number of carbonyl (C=O) groups is 2. The van der Waals surface area contributed by atoms with Gasteiger partial charge in [-0.15, -0.1) is 0 Å². The molecule has 0 radical (unpaired) electrons. The van der Waals surface area contributed by atoms with E-state index in [2.05, 4.69) is 0 Å². The molecule has 5 nitrogen and oxygen atoms in total. The van der Waals surface area contributed by atoms with Crippen LogP contribution < -0.4 is 4.74 Å². The Labute approximate surface area is 192 Å². The number of benzene rings is 2. The van der Waals surface area contributed by atoms with Crippen LogP contribution in [-0.2, 0) is 10.3 Å². The highest BCUT2D eigenvalue weighted by Gasteiger charge is 2.48. The van der Waals surface area contributed by atoms with Crippen molar-refractivity contribution in [1.82, 2.24) is 4.90 Å². The lowest BCUT2D eigenvalue weighted by Gasteiger charge is -2.34. The van der Waals surface area contributed by atoms with Gasteiger partial charge >= 0.3 is 6.09 Å². The summed E-state index contributed by atoms with van der Waals surface area (Å²) in [6.45, 7) is 8.25. The lowest BCUT2D eigenvalue weighted by Crippen LogP contribution is -2.41. The van der Waals surface area contributed by atoms with E-state index in [4.69, 9.17) is 21.1 Å². The zero-order valence-electron chi connectivity index (χ0n) is 18.7. The maximum absolute atomic E-state index is 14.7. The summed E-state index contributed by atoms with van der Waals surface area (Å²) in [6, 6.07) is 9.74. The lowest BCUT2D eigenvalue weighted by molar-refractivity contribution is 0.0203. The van der Waals surface area contributed by atoms with Gasteiger partial charge in [0.15, 0.2) is 5.60 Å². The Kier molecular flexibility index (Phi) is 5.70. The molecule has 0 bridgehead atoms. The molecule has 0 spiro atoms. The minimum absolute atomic E-state index is 0.119. The van der Waals surface area contributed by atoms with E-state index >= 15 is 0 Å². The van der Waals surface area contributed by atoms with Gasteiger partial charge in [-0.25, -0.2) is 9.18 Å². The van der Waals surface area contributed by atoms with Crippen LogP contribution in [-0.4, -0.2) is 35.5 Å². The van der Waals surface area contributed by atoms with E-state index in [0.29, 0.717) is 24.4 Å². The van der Waals surface area contributed by atoms with Gasteiger partial charge < -0.3 is 14.4 Å². The molecule has 7 heteroatoms.